The summed E-state index contributed by atoms with van der Waals surface area (Å²) in [6.45, 7) is 3.60. The van der Waals surface area contributed by atoms with E-state index in [0.717, 1.165) is 23.5 Å². The Hall–Kier alpha value is -3.31. The average Bonchev–Trinajstić information content (AvgIpc) is 3.23. The summed E-state index contributed by atoms with van der Waals surface area (Å²) in [5.74, 6) is -3.56. The molecule has 29 heavy (non-hydrogen) atoms. The first-order chi connectivity index (χ1) is 13.8. The Kier molecular flexibility index (Phi) is 7.80. The lowest BCUT2D eigenvalue weighted by Gasteiger charge is -2.34. The van der Waals surface area contributed by atoms with Gasteiger partial charge in [0.25, 0.3) is 11.6 Å². The number of nitro groups is 1. The van der Waals surface area contributed by atoms with Crippen LogP contribution in [0, 0.1) is 10.1 Å². The lowest BCUT2D eigenvalue weighted by atomic mass is 10.1. The monoisotopic (exact) mass is 421 g/mol. The molecule has 0 bridgehead atoms. The van der Waals surface area contributed by atoms with E-state index in [1.54, 1.807) is 12.1 Å². The number of nitrogens with zero attached hydrogens (tertiary/aromatic N) is 3. The van der Waals surface area contributed by atoms with Crippen molar-refractivity contribution < 1.29 is 29.5 Å². The fourth-order valence-electron chi connectivity index (χ4n) is 2.69. The second-order valence-electron chi connectivity index (χ2n) is 6.08. The maximum atomic E-state index is 12.3. The molecule has 1 aromatic heterocycles. The van der Waals surface area contributed by atoms with Crippen molar-refractivity contribution in [2.24, 2.45) is 0 Å². The fraction of sp³-hybridized carbons (Fsp3) is 0.278. The van der Waals surface area contributed by atoms with Gasteiger partial charge in [-0.2, -0.15) is 0 Å². The Morgan fingerprint density at radius 2 is 1.69 bits per heavy atom. The lowest BCUT2D eigenvalue weighted by Crippen LogP contribution is -2.48. The van der Waals surface area contributed by atoms with E-state index in [9.17, 15) is 14.9 Å². The molecule has 3 rings (SSSR count). The van der Waals surface area contributed by atoms with Crippen LogP contribution in [0.25, 0.3) is 0 Å². The van der Waals surface area contributed by atoms with E-state index in [-0.39, 0.29) is 16.5 Å². The zero-order chi connectivity index (χ0) is 21.4. The number of carboxylic acid groups (broad SMARTS) is 2. The van der Waals surface area contributed by atoms with Crippen LogP contribution in [0.3, 0.4) is 0 Å². The highest BCUT2D eigenvalue weighted by molar-refractivity contribution is 7.12. The van der Waals surface area contributed by atoms with Crippen LogP contribution >= 0.6 is 11.3 Å². The predicted octanol–water partition coefficient (Wildman–Crippen LogP) is 1.77. The summed E-state index contributed by atoms with van der Waals surface area (Å²) in [7, 11) is 0. The predicted molar refractivity (Wildman–Crippen MR) is 104 cm³/mol. The molecule has 1 aliphatic rings. The molecule has 0 aliphatic carbocycles. The molecule has 1 fully saturated rings. The van der Waals surface area contributed by atoms with Crippen LogP contribution in [0.1, 0.15) is 15.2 Å². The summed E-state index contributed by atoms with van der Waals surface area (Å²) in [5.41, 5.74) is 1.05. The molecule has 1 aromatic carbocycles. The summed E-state index contributed by atoms with van der Waals surface area (Å²) in [6.07, 6.45) is 0. The fourth-order valence-corrected chi connectivity index (χ4v) is 3.38. The smallest absolute Gasteiger partial charge is 0.414 e. The van der Waals surface area contributed by atoms with E-state index in [1.165, 1.54) is 17.4 Å². The van der Waals surface area contributed by atoms with Gasteiger partial charge in [0.05, 0.1) is 9.80 Å². The van der Waals surface area contributed by atoms with Crippen molar-refractivity contribution in [1.29, 1.82) is 0 Å². The Morgan fingerprint density at radius 1 is 1.03 bits per heavy atom. The van der Waals surface area contributed by atoms with Gasteiger partial charge >= 0.3 is 11.9 Å². The van der Waals surface area contributed by atoms with Crippen LogP contribution in [0.2, 0.25) is 0 Å². The van der Waals surface area contributed by atoms with E-state index in [0.29, 0.717) is 19.6 Å². The second-order valence-corrected chi connectivity index (χ2v) is 7.03. The van der Waals surface area contributed by atoms with E-state index < -0.39 is 11.9 Å². The number of hydrogen-bond donors (Lipinski definition) is 2. The number of carboxylic acids is 2. The summed E-state index contributed by atoms with van der Waals surface area (Å²) < 4.78 is 0. The van der Waals surface area contributed by atoms with Crippen molar-refractivity contribution in [3.8, 4) is 0 Å². The SMILES string of the molecule is O=C(O)C(=O)O.O=C(c1cccs1)N1CCN(Cc2cccc([N+](=O)[O-])c2)CC1. The molecule has 1 amide bonds. The molecular weight excluding hydrogens is 402 g/mol. The third-order valence-corrected chi connectivity index (χ3v) is 4.96. The highest BCUT2D eigenvalue weighted by Gasteiger charge is 2.22. The first-order valence-electron chi connectivity index (χ1n) is 8.52. The molecule has 11 heteroatoms. The van der Waals surface area contributed by atoms with Crippen LogP contribution in [0.4, 0.5) is 5.69 Å². The van der Waals surface area contributed by atoms with Crippen molar-refractivity contribution in [1.82, 2.24) is 9.80 Å². The van der Waals surface area contributed by atoms with Crippen molar-refractivity contribution in [3.63, 3.8) is 0 Å². The van der Waals surface area contributed by atoms with Gasteiger partial charge in [0.2, 0.25) is 0 Å². The number of thiophene rings is 1. The number of amides is 1. The summed E-state index contributed by atoms with van der Waals surface area (Å²) in [4.78, 5) is 45.8. The number of carbonyl (C=O) groups is 3. The van der Waals surface area contributed by atoms with Crippen molar-refractivity contribution >= 4 is 34.9 Å². The maximum absolute atomic E-state index is 12.3. The molecule has 1 saturated heterocycles. The van der Waals surface area contributed by atoms with Gasteiger partial charge in [-0.3, -0.25) is 19.8 Å². The van der Waals surface area contributed by atoms with Crippen LogP contribution < -0.4 is 0 Å². The van der Waals surface area contributed by atoms with Gasteiger partial charge in [-0.05, 0) is 17.0 Å². The highest BCUT2D eigenvalue weighted by atomic mass is 32.1. The standard InChI is InChI=1S/C16H17N3O3S.C2H2O4/c20-16(15-5-2-10-23-15)18-8-6-17(7-9-18)12-13-3-1-4-14(11-13)19(21)22;3-1(4)2(5)6/h1-5,10-11H,6-9,12H2;(H,3,4)(H,5,6). The number of carbonyl (C=O) groups excluding carboxylic acids is 1. The van der Waals surface area contributed by atoms with Crippen LogP contribution in [0.15, 0.2) is 41.8 Å². The molecule has 2 heterocycles. The minimum absolute atomic E-state index is 0.0926. The Morgan fingerprint density at radius 3 is 2.21 bits per heavy atom. The zero-order valence-electron chi connectivity index (χ0n) is 15.3. The Balaban J connectivity index is 0.000000438. The molecule has 0 radical (unpaired) electrons. The minimum atomic E-state index is -1.82. The summed E-state index contributed by atoms with van der Waals surface area (Å²) in [5, 5.41) is 27.5. The van der Waals surface area contributed by atoms with Gasteiger partial charge < -0.3 is 15.1 Å². The topological polar surface area (TPSA) is 141 Å². The number of rotatable bonds is 4. The lowest BCUT2D eigenvalue weighted by molar-refractivity contribution is -0.384. The van der Waals surface area contributed by atoms with E-state index in [4.69, 9.17) is 19.8 Å². The number of piperazine rings is 1. The van der Waals surface area contributed by atoms with E-state index in [2.05, 4.69) is 4.90 Å². The van der Waals surface area contributed by atoms with Crippen molar-refractivity contribution in [2.75, 3.05) is 26.2 Å². The number of nitro benzene ring substituents is 1. The number of non-ortho nitro benzene ring substituents is 1. The highest BCUT2D eigenvalue weighted by Crippen LogP contribution is 2.17. The van der Waals surface area contributed by atoms with E-state index in [1.807, 2.05) is 28.5 Å². The summed E-state index contributed by atoms with van der Waals surface area (Å²) >= 11 is 1.46. The van der Waals surface area contributed by atoms with Crippen molar-refractivity contribution in [3.05, 3.63) is 62.3 Å². The molecular formula is C18H19N3O7S. The third-order valence-electron chi connectivity index (χ3n) is 4.10. The molecule has 0 unspecified atom stereocenters. The Bertz CT molecular complexity index is 865. The molecule has 0 spiro atoms. The molecule has 2 N–H and O–H groups in total. The number of benzene rings is 1. The van der Waals surface area contributed by atoms with Gasteiger partial charge in [-0.25, -0.2) is 9.59 Å². The van der Waals surface area contributed by atoms with Gasteiger partial charge in [0.15, 0.2) is 0 Å². The van der Waals surface area contributed by atoms with Crippen LogP contribution in [0.5, 0.6) is 0 Å². The normalized spacial score (nSPS) is 13.9. The summed E-state index contributed by atoms with van der Waals surface area (Å²) in [6, 6.07) is 10.5. The molecule has 0 atom stereocenters. The average molecular weight is 421 g/mol. The second kappa shape index (κ2) is 10.3. The number of aliphatic carboxylic acids is 2. The third kappa shape index (κ3) is 6.66. The quantitative estimate of drug-likeness (QED) is 0.432. The van der Waals surface area contributed by atoms with Crippen molar-refractivity contribution in [2.45, 2.75) is 6.54 Å². The number of hydrogen-bond acceptors (Lipinski definition) is 7. The first-order valence-corrected chi connectivity index (χ1v) is 9.40. The zero-order valence-corrected chi connectivity index (χ0v) is 16.1. The van der Waals surface area contributed by atoms with Crippen LogP contribution in [-0.4, -0.2) is 69.0 Å². The molecule has 154 valence electrons. The van der Waals surface area contributed by atoms with Gasteiger partial charge in [-0.15, -0.1) is 11.3 Å². The van der Waals surface area contributed by atoms with E-state index >= 15 is 0 Å². The molecule has 10 nitrogen and oxygen atoms in total. The van der Waals surface area contributed by atoms with Gasteiger partial charge in [-0.1, -0.05) is 18.2 Å². The van der Waals surface area contributed by atoms with Gasteiger partial charge in [0, 0.05) is 44.9 Å². The largest absolute Gasteiger partial charge is 0.473 e. The first kappa shape index (κ1) is 22.0. The maximum Gasteiger partial charge on any atom is 0.414 e. The molecule has 0 saturated carbocycles. The minimum Gasteiger partial charge on any atom is -0.473 e. The van der Waals surface area contributed by atoms with Crippen LogP contribution in [-0.2, 0) is 16.1 Å². The molecule has 1 aliphatic heterocycles. The van der Waals surface area contributed by atoms with Gasteiger partial charge in [0.1, 0.15) is 0 Å². The Labute approximate surface area is 169 Å². The molecule has 2 aromatic rings.